The van der Waals surface area contributed by atoms with Gasteiger partial charge in [0.2, 0.25) is 0 Å². The molecule has 1 aromatic rings. The summed E-state index contributed by atoms with van der Waals surface area (Å²) in [6, 6.07) is 6.43. The fraction of sp³-hybridized carbons (Fsp3) is 0.533. The molecule has 1 N–H and O–H groups in total. The third kappa shape index (κ3) is 3.30. The van der Waals surface area contributed by atoms with Crippen LogP contribution >= 0.6 is 0 Å². The minimum absolute atomic E-state index is 0.278. The molecule has 2 unspecified atom stereocenters. The molecule has 1 fully saturated rings. The van der Waals surface area contributed by atoms with Gasteiger partial charge in [-0.2, -0.15) is 5.26 Å². The minimum atomic E-state index is -0.278. The van der Waals surface area contributed by atoms with Crippen molar-refractivity contribution in [1.82, 2.24) is 5.32 Å². The second kappa shape index (κ2) is 5.97. The molecule has 0 amide bonds. The number of rotatable bonds is 4. The summed E-state index contributed by atoms with van der Waals surface area (Å²) < 4.78 is 13.1. The lowest BCUT2D eigenvalue weighted by atomic mass is 10.1. The van der Waals surface area contributed by atoms with E-state index in [1.807, 2.05) is 0 Å². The van der Waals surface area contributed by atoms with Crippen molar-refractivity contribution in [3.63, 3.8) is 0 Å². The van der Waals surface area contributed by atoms with Crippen LogP contribution in [-0.4, -0.2) is 6.54 Å². The smallest absolute Gasteiger partial charge is 0.123 e. The highest BCUT2D eigenvalue weighted by atomic mass is 19.1. The molecule has 0 bridgehead atoms. The van der Waals surface area contributed by atoms with Gasteiger partial charge in [0.1, 0.15) is 5.82 Å². The molecule has 1 aromatic carbocycles. The van der Waals surface area contributed by atoms with Crippen LogP contribution in [0.4, 0.5) is 4.39 Å². The Morgan fingerprint density at radius 3 is 2.94 bits per heavy atom. The second-order valence-electron chi connectivity index (χ2n) is 5.33. The van der Waals surface area contributed by atoms with Crippen LogP contribution in [0.15, 0.2) is 18.2 Å². The lowest BCUT2D eigenvalue weighted by molar-refractivity contribution is 0.470. The monoisotopic (exact) mass is 246 g/mol. The standard InChI is InChI=1S/C15H19FN2/c1-11-2-3-12(6-11)9-18-10-14-7-15(16)5-4-13(14)8-17/h4-5,7,11-12,18H,2-3,6,9-10H2,1H3. The average molecular weight is 246 g/mol. The normalized spacial score (nSPS) is 22.9. The van der Waals surface area contributed by atoms with E-state index in [2.05, 4.69) is 18.3 Å². The minimum Gasteiger partial charge on any atom is -0.312 e. The van der Waals surface area contributed by atoms with Crippen LogP contribution in [0.2, 0.25) is 0 Å². The number of nitriles is 1. The molecule has 0 radical (unpaired) electrons. The molecule has 0 aromatic heterocycles. The van der Waals surface area contributed by atoms with Gasteiger partial charge in [-0.3, -0.25) is 0 Å². The van der Waals surface area contributed by atoms with Crippen LogP contribution in [0.5, 0.6) is 0 Å². The summed E-state index contributed by atoms with van der Waals surface area (Å²) in [6.07, 6.45) is 3.87. The van der Waals surface area contributed by atoms with E-state index in [4.69, 9.17) is 5.26 Å². The maximum absolute atomic E-state index is 13.1. The molecular formula is C15H19FN2. The Labute approximate surface area is 108 Å². The van der Waals surface area contributed by atoms with Gasteiger partial charge >= 0.3 is 0 Å². The average Bonchev–Trinajstić information content (AvgIpc) is 2.75. The lowest BCUT2D eigenvalue weighted by Crippen LogP contribution is -2.21. The number of hydrogen-bond acceptors (Lipinski definition) is 2. The van der Waals surface area contributed by atoms with Gasteiger partial charge in [-0.05, 0) is 55.0 Å². The molecule has 0 aliphatic heterocycles. The summed E-state index contributed by atoms with van der Waals surface area (Å²) in [7, 11) is 0. The predicted octanol–water partition coefficient (Wildman–Crippen LogP) is 3.22. The third-order valence-electron chi connectivity index (χ3n) is 3.74. The van der Waals surface area contributed by atoms with Crippen molar-refractivity contribution in [3.8, 4) is 6.07 Å². The molecule has 0 heterocycles. The highest BCUT2D eigenvalue weighted by Gasteiger charge is 2.20. The molecule has 1 aliphatic carbocycles. The molecule has 1 aliphatic rings. The molecule has 2 atom stereocenters. The van der Waals surface area contributed by atoms with Crippen LogP contribution in [0.25, 0.3) is 0 Å². The molecule has 1 saturated carbocycles. The van der Waals surface area contributed by atoms with Crippen molar-refractivity contribution in [2.75, 3.05) is 6.54 Å². The molecule has 96 valence electrons. The number of hydrogen-bond donors (Lipinski definition) is 1. The van der Waals surface area contributed by atoms with Crippen molar-refractivity contribution < 1.29 is 4.39 Å². The highest BCUT2D eigenvalue weighted by Crippen LogP contribution is 2.29. The van der Waals surface area contributed by atoms with Gasteiger partial charge in [-0.15, -0.1) is 0 Å². The zero-order valence-corrected chi connectivity index (χ0v) is 10.7. The first-order valence-electron chi connectivity index (χ1n) is 6.58. The van der Waals surface area contributed by atoms with Crippen LogP contribution < -0.4 is 5.32 Å². The SMILES string of the molecule is CC1CCC(CNCc2cc(F)ccc2C#N)C1. The molecular weight excluding hydrogens is 227 g/mol. The molecule has 0 spiro atoms. The highest BCUT2D eigenvalue weighted by molar-refractivity contribution is 5.37. The van der Waals surface area contributed by atoms with Crippen LogP contribution in [-0.2, 0) is 6.54 Å². The van der Waals surface area contributed by atoms with E-state index in [9.17, 15) is 4.39 Å². The molecule has 3 heteroatoms. The maximum Gasteiger partial charge on any atom is 0.123 e. The van der Waals surface area contributed by atoms with Gasteiger partial charge in [0, 0.05) is 6.54 Å². The van der Waals surface area contributed by atoms with Crippen molar-refractivity contribution >= 4 is 0 Å². The Morgan fingerprint density at radius 1 is 1.44 bits per heavy atom. The van der Waals surface area contributed by atoms with E-state index in [-0.39, 0.29) is 5.82 Å². The number of nitrogens with zero attached hydrogens (tertiary/aromatic N) is 1. The van der Waals surface area contributed by atoms with E-state index in [0.717, 1.165) is 23.9 Å². The van der Waals surface area contributed by atoms with Crippen molar-refractivity contribution in [2.24, 2.45) is 11.8 Å². The Morgan fingerprint density at radius 2 is 2.28 bits per heavy atom. The zero-order chi connectivity index (χ0) is 13.0. The van der Waals surface area contributed by atoms with Gasteiger partial charge in [-0.25, -0.2) is 4.39 Å². The van der Waals surface area contributed by atoms with Crippen molar-refractivity contribution in [2.45, 2.75) is 32.7 Å². The molecule has 18 heavy (non-hydrogen) atoms. The lowest BCUT2D eigenvalue weighted by Gasteiger charge is -2.11. The summed E-state index contributed by atoms with van der Waals surface area (Å²) >= 11 is 0. The predicted molar refractivity (Wildman–Crippen MR) is 69.3 cm³/mol. The molecule has 0 saturated heterocycles. The number of nitrogens with one attached hydrogen (secondary N) is 1. The van der Waals surface area contributed by atoms with E-state index in [1.54, 1.807) is 6.07 Å². The molecule has 2 nitrogen and oxygen atoms in total. The number of benzene rings is 1. The second-order valence-corrected chi connectivity index (χ2v) is 5.33. The van der Waals surface area contributed by atoms with E-state index >= 15 is 0 Å². The molecule has 2 rings (SSSR count). The van der Waals surface area contributed by atoms with Gasteiger partial charge in [0.25, 0.3) is 0 Å². The topological polar surface area (TPSA) is 35.8 Å². The van der Waals surface area contributed by atoms with Crippen molar-refractivity contribution in [1.29, 1.82) is 5.26 Å². The van der Waals surface area contributed by atoms with E-state index in [1.165, 1.54) is 31.4 Å². The third-order valence-corrected chi connectivity index (χ3v) is 3.74. The van der Waals surface area contributed by atoms with Crippen LogP contribution in [0.3, 0.4) is 0 Å². The Balaban J connectivity index is 1.86. The van der Waals surface area contributed by atoms with Gasteiger partial charge in [0.05, 0.1) is 11.6 Å². The Hall–Kier alpha value is -1.40. The first-order chi connectivity index (χ1) is 8.69. The van der Waals surface area contributed by atoms with Crippen LogP contribution in [0, 0.1) is 29.0 Å². The van der Waals surface area contributed by atoms with Gasteiger partial charge in [-0.1, -0.05) is 13.3 Å². The fourth-order valence-corrected chi connectivity index (χ4v) is 2.74. The van der Waals surface area contributed by atoms with E-state index in [0.29, 0.717) is 12.1 Å². The van der Waals surface area contributed by atoms with E-state index < -0.39 is 0 Å². The van der Waals surface area contributed by atoms with Crippen molar-refractivity contribution in [3.05, 3.63) is 35.1 Å². The van der Waals surface area contributed by atoms with Crippen LogP contribution in [0.1, 0.15) is 37.3 Å². The van der Waals surface area contributed by atoms with Gasteiger partial charge < -0.3 is 5.32 Å². The fourth-order valence-electron chi connectivity index (χ4n) is 2.74. The Bertz CT molecular complexity index is 450. The summed E-state index contributed by atoms with van der Waals surface area (Å²) in [5.41, 5.74) is 1.31. The summed E-state index contributed by atoms with van der Waals surface area (Å²) in [4.78, 5) is 0. The zero-order valence-electron chi connectivity index (χ0n) is 10.7. The van der Waals surface area contributed by atoms with Gasteiger partial charge in [0.15, 0.2) is 0 Å². The quantitative estimate of drug-likeness (QED) is 0.885. The first kappa shape index (κ1) is 13.0. The Kier molecular flexibility index (Phi) is 4.33. The summed E-state index contributed by atoms with van der Waals surface area (Å²) in [6.45, 7) is 3.83. The maximum atomic E-state index is 13.1. The summed E-state index contributed by atoms with van der Waals surface area (Å²) in [5.74, 6) is 1.29. The number of halogens is 1. The summed E-state index contributed by atoms with van der Waals surface area (Å²) in [5, 5.41) is 12.3. The largest absolute Gasteiger partial charge is 0.312 e. The first-order valence-corrected chi connectivity index (χ1v) is 6.58.